The van der Waals surface area contributed by atoms with E-state index >= 15 is 0 Å². The molecule has 1 aliphatic rings. The van der Waals surface area contributed by atoms with E-state index < -0.39 is 11.8 Å². The van der Waals surface area contributed by atoms with E-state index in [-0.39, 0.29) is 41.1 Å². The topological polar surface area (TPSA) is 105 Å². The summed E-state index contributed by atoms with van der Waals surface area (Å²) in [5.74, 6) is -1.90. The van der Waals surface area contributed by atoms with E-state index in [0.717, 1.165) is 0 Å². The Morgan fingerprint density at radius 1 is 1.21 bits per heavy atom. The minimum absolute atomic E-state index is 0.0857. The van der Waals surface area contributed by atoms with Crippen LogP contribution in [0.15, 0.2) is 59.7 Å². The van der Waals surface area contributed by atoms with Crippen LogP contribution in [0.4, 0.5) is 4.39 Å². The zero-order valence-electron chi connectivity index (χ0n) is 17.6. The van der Waals surface area contributed by atoms with Gasteiger partial charge in [0, 0.05) is 29.5 Å². The molecule has 2 N–H and O–H groups in total. The lowest BCUT2D eigenvalue weighted by atomic mass is 9.93. The summed E-state index contributed by atoms with van der Waals surface area (Å²) in [7, 11) is 0. The van der Waals surface area contributed by atoms with Crippen LogP contribution in [0.1, 0.15) is 33.6 Å². The summed E-state index contributed by atoms with van der Waals surface area (Å²) in [5.41, 5.74) is 2.06. The van der Waals surface area contributed by atoms with E-state index in [1.54, 1.807) is 49.4 Å². The van der Waals surface area contributed by atoms with Crippen LogP contribution >= 0.6 is 0 Å². The molecule has 0 unspecified atom stereocenters. The van der Waals surface area contributed by atoms with Gasteiger partial charge in [-0.05, 0) is 42.3 Å². The third kappa shape index (κ3) is 3.36. The maximum Gasteiger partial charge on any atom is 0.353 e. The summed E-state index contributed by atoms with van der Waals surface area (Å²) in [4.78, 5) is 43.8. The Bertz CT molecular complexity index is 1610. The maximum atomic E-state index is 14.6. The van der Waals surface area contributed by atoms with Gasteiger partial charge in [0.05, 0.1) is 22.7 Å². The number of fused-ring (bicyclic) bond motifs is 2. The minimum atomic E-state index is -1.22. The molecule has 2 aromatic heterocycles. The van der Waals surface area contributed by atoms with Gasteiger partial charge in [0.1, 0.15) is 11.5 Å². The van der Waals surface area contributed by atoms with E-state index in [9.17, 15) is 23.9 Å². The van der Waals surface area contributed by atoms with Crippen molar-refractivity contribution in [2.75, 3.05) is 0 Å². The number of aromatic amines is 1. The fourth-order valence-corrected chi connectivity index (χ4v) is 4.30. The number of nitrogens with one attached hydrogen (secondary N) is 1. The Hall–Kier alpha value is -4.33. The van der Waals surface area contributed by atoms with E-state index in [4.69, 9.17) is 0 Å². The number of aromatic nitrogens is 3. The molecule has 2 aromatic carbocycles. The quantitative estimate of drug-likeness (QED) is 0.496. The molecule has 4 aromatic rings. The molecule has 0 atom stereocenters. The number of carbonyl (C=O) groups is 2. The van der Waals surface area contributed by atoms with Gasteiger partial charge in [-0.3, -0.25) is 9.59 Å². The monoisotopic (exact) mass is 443 g/mol. The van der Waals surface area contributed by atoms with E-state index in [0.29, 0.717) is 32.9 Å². The SMILES string of the molecule is Cc1cc2c(C3=CC=CCC3=O)c(C(=O)O)n(Cc3ccc4c(=O)[nH]cnc4c3)c2cc1F. The first-order valence-corrected chi connectivity index (χ1v) is 10.3. The molecule has 0 bridgehead atoms. The van der Waals surface area contributed by atoms with Crippen LogP contribution in [0.2, 0.25) is 0 Å². The minimum Gasteiger partial charge on any atom is -0.477 e. The van der Waals surface area contributed by atoms with Crippen molar-refractivity contribution < 1.29 is 19.1 Å². The van der Waals surface area contributed by atoms with Gasteiger partial charge in [0.15, 0.2) is 5.78 Å². The lowest BCUT2D eigenvalue weighted by Crippen LogP contribution is -2.14. The second kappa shape index (κ2) is 7.67. The fraction of sp³-hybridized carbons (Fsp3) is 0.120. The predicted octanol–water partition coefficient (Wildman–Crippen LogP) is 3.98. The number of carboxylic acids is 1. The van der Waals surface area contributed by atoms with Gasteiger partial charge in [0.25, 0.3) is 5.56 Å². The van der Waals surface area contributed by atoms with Gasteiger partial charge < -0.3 is 14.7 Å². The molecular weight excluding hydrogens is 425 g/mol. The van der Waals surface area contributed by atoms with Crippen LogP contribution in [-0.4, -0.2) is 31.4 Å². The van der Waals surface area contributed by atoms with Crippen molar-refractivity contribution >= 4 is 39.1 Å². The Kier molecular flexibility index (Phi) is 4.78. The highest BCUT2D eigenvalue weighted by atomic mass is 19.1. The lowest BCUT2D eigenvalue weighted by Gasteiger charge is -2.12. The average molecular weight is 443 g/mol. The second-order valence-corrected chi connectivity index (χ2v) is 7.95. The summed E-state index contributed by atoms with van der Waals surface area (Å²) < 4.78 is 16.1. The number of allylic oxidation sites excluding steroid dienone is 4. The molecule has 0 saturated heterocycles. The highest BCUT2D eigenvalue weighted by Gasteiger charge is 2.28. The van der Waals surface area contributed by atoms with Crippen molar-refractivity contribution in [2.45, 2.75) is 19.9 Å². The highest BCUT2D eigenvalue weighted by Crippen LogP contribution is 2.36. The van der Waals surface area contributed by atoms with Crippen molar-refractivity contribution in [2.24, 2.45) is 0 Å². The average Bonchev–Trinajstić information content (AvgIpc) is 3.07. The largest absolute Gasteiger partial charge is 0.477 e. The number of aryl methyl sites for hydroxylation is 1. The Balaban J connectivity index is 1.79. The zero-order chi connectivity index (χ0) is 23.3. The molecule has 2 heterocycles. The van der Waals surface area contributed by atoms with Crippen molar-refractivity contribution in [3.05, 3.63) is 93.4 Å². The molecule has 0 amide bonds. The number of rotatable bonds is 4. The van der Waals surface area contributed by atoms with Crippen molar-refractivity contribution in [1.82, 2.24) is 14.5 Å². The molecule has 0 spiro atoms. The number of hydrogen-bond donors (Lipinski definition) is 2. The number of aromatic carboxylic acids is 1. The summed E-state index contributed by atoms with van der Waals surface area (Å²) >= 11 is 0. The number of Topliss-reactive ketones (excluding diaryl/α,β-unsaturated/α-hetero) is 1. The highest BCUT2D eigenvalue weighted by molar-refractivity contribution is 6.27. The molecule has 0 fully saturated rings. The first-order chi connectivity index (χ1) is 15.8. The third-order valence-electron chi connectivity index (χ3n) is 5.87. The molecular formula is C25H18FN3O4. The molecule has 8 heteroatoms. The first-order valence-electron chi connectivity index (χ1n) is 10.3. The summed E-state index contributed by atoms with van der Waals surface area (Å²) in [5, 5.41) is 11.1. The van der Waals surface area contributed by atoms with Crippen molar-refractivity contribution in [3.8, 4) is 0 Å². The maximum absolute atomic E-state index is 14.6. The molecule has 0 radical (unpaired) electrons. The smallest absolute Gasteiger partial charge is 0.353 e. The van der Waals surface area contributed by atoms with Gasteiger partial charge in [-0.1, -0.05) is 24.3 Å². The molecule has 7 nitrogen and oxygen atoms in total. The zero-order valence-corrected chi connectivity index (χ0v) is 17.6. The van der Waals surface area contributed by atoms with E-state index in [1.807, 2.05) is 0 Å². The summed E-state index contributed by atoms with van der Waals surface area (Å²) in [6.07, 6.45) is 6.49. The van der Waals surface area contributed by atoms with E-state index in [2.05, 4.69) is 9.97 Å². The molecule has 1 aliphatic carbocycles. The van der Waals surface area contributed by atoms with Gasteiger partial charge in [-0.25, -0.2) is 14.2 Å². The van der Waals surface area contributed by atoms with Gasteiger partial charge in [0.2, 0.25) is 0 Å². The van der Waals surface area contributed by atoms with Crippen molar-refractivity contribution in [3.63, 3.8) is 0 Å². The second-order valence-electron chi connectivity index (χ2n) is 7.95. The predicted molar refractivity (Wildman–Crippen MR) is 122 cm³/mol. The van der Waals surface area contributed by atoms with Crippen LogP contribution in [0.3, 0.4) is 0 Å². The number of carbonyl (C=O) groups excluding carboxylic acids is 1. The number of benzene rings is 2. The Labute approximate surface area is 186 Å². The number of H-pyrrole nitrogens is 1. The van der Waals surface area contributed by atoms with Crippen LogP contribution in [0, 0.1) is 12.7 Å². The Morgan fingerprint density at radius 3 is 2.79 bits per heavy atom. The van der Waals surface area contributed by atoms with Crippen LogP contribution in [0.5, 0.6) is 0 Å². The third-order valence-corrected chi connectivity index (χ3v) is 5.87. The van der Waals surface area contributed by atoms with Gasteiger partial charge in [-0.2, -0.15) is 0 Å². The number of nitrogens with zero attached hydrogens (tertiary/aromatic N) is 2. The first kappa shape index (κ1) is 20.6. The van der Waals surface area contributed by atoms with Gasteiger partial charge in [-0.15, -0.1) is 0 Å². The number of hydrogen-bond acceptors (Lipinski definition) is 4. The van der Waals surface area contributed by atoms with Crippen LogP contribution in [0.25, 0.3) is 27.4 Å². The molecule has 0 aliphatic heterocycles. The molecule has 0 saturated carbocycles. The standard InChI is InChI=1S/C25H18FN3O4/c1-13-8-17-20(10-18(13)26)29(11-14-6-7-15-19(9-14)27-12-28-24(15)31)23(25(32)33)22(17)16-4-2-3-5-21(16)30/h2-4,6-10,12H,5,11H2,1H3,(H,32,33)(H,27,28,31). The number of ketones is 1. The van der Waals surface area contributed by atoms with Gasteiger partial charge >= 0.3 is 5.97 Å². The summed E-state index contributed by atoms with van der Waals surface area (Å²) in [6, 6.07) is 7.90. The fourth-order valence-electron chi connectivity index (χ4n) is 4.30. The van der Waals surface area contributed by atoms with Crippen molar-refractivity contribution in [1.29, 1.82) is 0 Å². The number of carboxylic acid groups (broad SMARTS) is 1. The molecule has 33 heavy (non-hydrogen) atoms. The normalized spacial score (nSPS) is 13.6. The summed E-state index contributed by atoms with van der Waals surface area (Å²) in [6.45, 7) is 1.68. The lowest BCUT2D eigenvalue weighted by molar-refractivity contribution is -0.113. The van der Waals surface area contributed by atoms with Crippen LogP contribution in [-0.2, 0) is 11.3 Å². The Morgan fingerprint density at radius 2 is 2.03 bits per heavy atom. The van der Waals surface area contributed by atoms with E-state index in [1.165, 1.54) is 17.0 Å². The molecule has 5 rings (SSSR count). The number of halogens is 1. The molecule has 164 valence electrons. The van der Waals surface area contributed by atoms with Crippen LogP contribution < -0.4 is 5.56 Å².